The average Bonchev–Trinajstić information content (AvgIpc) is 2.71. The minimum absolute atomic E-state index is 0.129. The van der Waals surface area contributed by atoms with Gasteiger partial charge in [-0.25, -0.2) is 5.43 Å². The van der Waals surface area contributed by atoms with Crippen LogP contribution in [0.15, 0.2) is 41.5 Å². The monoisotopic (exact) mass is 386 g/mol. The Labute approximate surface area is 165 Å². The molecule has 0 saturated heterocycles. The number of ether oxygens (including phenoxy) is 4. The molecule has 0 aliphatic carbocycles. The highest BCUT2D eigenvalue weighted by atomic mass is 16.5. The molecule has 2 aromatic rings. The molecule has 150 valence electrons. The number of hydrogen-bond donors (Lipinski definition) is 1. The molecule has 0 aromatic heterocycles. The van der Waals surface area contributed by atoms with Gasteiger partial charge in [0.05, 0.1) is 27.5 Å². The van der Waals surface area contributed by atoms with Crippen molar-refractivity contribution in [2.24, 2.45) is 5.10 Å². The van der Waals surface area contributed by atoms with Crippen LogP contribution in [0.25, 0.3) is 0 Å². The number of methoxy groups -OCH3 is 3. The van der Waals surface area contributed by atoms with E-state index in [0.717, 1.165) is 5.56 Å². The van der Waals surface area contributed by atoms with E-state index in [0.29, 0.717) is 34.5 Å². The number of amides is 1. The summed E-state index contributed by atoms with van der Waals surface area (Å²) < 4.78 is 21.5. The van der Waals surface area contributed by atoms with Gasteiger partial charge in [-0.1, -0.05) is 32.0 Å². The van der Waals surface area contributed by atoms with Crippen LogP contribution in [0.3, 0.4) is 0 Å². The topological polar surface area (TPSA) is 78.4 Å². The second-order valence-corrected chi connectivity index (χ2v) is 6.23. The molecule has 0 bridgehead atoms. The van der Waals surface area contributed by atoms with E-state index in [2.05, 4.69) is 24.4 Å². The van der Waals surface area contributed by atoms with E-state index >= 15 is 0 Å². The Bertz CT molecular complexity index is 808. The van der Waals surface area contributed by atoms with E-state index in [9.17, 15) is 4.79 Å². The van der Waals surface area contributed by atoms with Gasteiger partial charge in [0, 0.05) is 5.56 Å². The third kappa shape index (κ3) is 5.39. The Morgan fingerprint density at radius 3 is 2.25 bits per heavy atom. The summed E-state index contributed by atoms with van der Waals surface area (Å²) >= 11 is 0. The summed E-state index contributed by atoms with van der Waals surface area (Å²) in [6.07, 6.45) is 1.49. The molecule has 2 rings (SSSR count). The van der Waals surface area contributed by atoms with Crippen LogP contribution in [0.1, 0.15) is 30.9 Å². The molecule has 0 unspecified atom stereocenters. The fourth-order valence-corrected chi connectivity index (χ4v) is 2.62. The van der Waals surface area contributed by atoms with Gasteiger partial charge in [-0.3, -0.25) is 4.79 Å². The van der Waals surface area contributed by atoms with E-state index < -0.39 is 0 Å². The summed E-state index contributed by atoms with van der Waals surface area (Å²) in [6, 6.07) is 11.1. The Morgan fingerprint density at radius 1 is 1.04 bits per heavy atom. The Hall–Kier alpha value is -3.22. The van der Waals surface area contributed by atoms with E-state index in [1.165, 1.54) is 27.5 Å². The zero-order valence-electron chi connectivity index (χ0n) is 16.8. The quantitative estimate of drug-likeness (QED) is 0.528. The smallest absolute Gasteiger partial charge is 0.277 e. The number of carbonyl (C=O) groups excluding carboxylic acids is 1. The third-order valence-corrected chi connectivity index (χ3v) is 3.99. The van der Waals surface area contributed by atoms with Crippen LogP contribution in [0.2, 0.25) is 0 Å². The number of benzene rings is 2. The van der Waals surface area contributed by atoms with Gasteiger partial charge in [-0.15, -0.1) is 0 Å². The maximum atomic E-state index is 12.0. The van der Waals surface area contributed by atoms with Crippen LogP contribution in [0, 0.1) is 0 Å². The second kappa shape index (κ2) is 10.2. The summed E-state index contributed by atoms with van der Waals surface area (Å²) in [6.45, 7) is 4.02. The summed E-state index contributed by atoms with van der Waals surface area (Å²) in [5.74, 6) is 2.13. The Morgan fingerprint density at radius 2 is 1.68 bits per heavy atom. The standard InChI is InChI=1S/C21H26N2O5/c1-14(2)16-8-6-7-9-17(16)28-13-20(24)23-22-12-15-10-18(25-3)21(27-5)19(11-15)26-4/h6-12,14H,13H2,1-5H3,(H,23,24)/b22-12+. The van der Waals surface area contributed by atoms with E-state index in [1.807, 2.05) is 24.3 Å². The van der Waals surface area contributed by atoms with Gasteiger partial charge in [0.1, 0.15) is 5.75 Å². The molecule has 0 spiro atoms. The van der Waals surface area contributed by atoms with Crippen molar-refractivity contribution >= 4 is 12.1 Å². The predicted molar refractivity (Wildman–Crippen MR) is 108 cm³/mol. The number of hydrazone groups is 1. The van der Waals surface area contributed by atoms with Crippen molar-refractivity contribution in [3.8, 4) is 23.0 Å². The van der Waals surface area contributed by atoms with Crippen LogP contribution in [-0.2, 0) is 4.79 Å². The van der Waals surface area contributed by atoms with Gasteiger partial charge in [0.25, 0.3) is 5.91 Å². The number of para-hydroxylation sites is 1. The number of nitrogens with one attached hydrogen (secondary N) is 1. The molecule has 0 saturated carbocycles. The van der Waals surface area contributed by atoms with E-state index in [4.69, 9.17) is 18.9 Å². The molecule has 0 heterocycles. The Kier molecular flexibility index (Phi) is 7.68. The molecule has 0 aliphatic heterocycles. The first-order valence-corrected chi connectivity index (χ1v) is 8.83. The fourth-order valence-electron chi connectivity index (χ4n) is 2.62. The van der Waals surface area contributed by atoms with Gasteiger partial charge in [0.15, 0.2) is 18.1 Å². The minimum atomic E-state index is -0.359. The molecular weight excluding hydrogens is 360 g/mol. The molecule has 0 atom stereocenters. The first-order valence-electron chi connectivity index (χ1n) is 8.83. The van der Waals surface area contributed by atoms with Crippen molar-refractivity contribution in [3.63, 3.8) is 0 Å². The minimum Gasteiger partial charge on any atom is -0.493 e. The van der Waals surface area contributed by atoms with Crippen molar-refractivity contribution in [2.45, 2.75) is 19.8 Å². The van der Waals surface area contributed by atoms with Crippen LogP contribution in [-0.4, -0.2) is 40.1 Å². The van der Waals surface area contributed by atoms with Crippen molar-refractivity contribution in [1.82, 2.24) is 5.43 Å². The summed E-state index contributed by atoms with van der Waals surface area (Å²) in [7, 11) is 4.60. The summed E-state index contributed by atoms with van der Waals surface area (Å²) in [5, 5.41) is 3.96. The van der Waals surface area contributed by atoms with Gasteiger partial charge in [-0.2, -0.15) is 5.10 Å². The van der Waals surface area contributed by atoms with Crippen LogP contribution < -0.4 is 24.4 Å². The molecule has 7 heteroatoms. The van der Waals surface area contributed by atoms with Crippen molar-refractivity contribution < 1.29 is 23.7 Å². The van der Waals surface area contributed by atoms with Crippen molar-refractivity contribution in [3.05, 3.63) is 47.5 Å². The number of rotatable bonds is 9. The largest absolute Gasteiger partial charge is 0.493 e. The molecule has 0 radical (unpaired) electrons. The predicted octanol–water partition coefficient (Wildman–Crippen LogP) is 3.36. The zero-order chi connectivity index (χ0) is 20.5. The number of nitrogens with zero attached hydrogens (tertiary/aromatic N) is 1. The molecule has 1 N–H and O–H groups in total. The van der Waals surface area contributed by atoms with E-state index in [1.54, 1.807) is 12.1 Å². The highest BCUT2D eigenvalue weighted by molar-refractivity contribution is 5.84. The number of hydrogen-bond acceptors (Lipinski definition) is 6. The Balaban J connectivity index is 1.99. The SMILES string of the molecule is COc1cc(/C=N/NC(=O)COc2ccccc2C(C)C)cc(OC)c1OC. The molecule has 0 fully saturated rings. The first-order chi connectivity index (χ1) is 13.5. The van der Waals surface area contributed by atoms with Crippen molar-refractivity contribution in [1.29, 1.82) is 0 Å². The third-order valence-electron chi connectivity index (χ3n) is 3.99. The van der Waals surface area contributed by atoms with Crippen LogP contribution in [0.4, 0.5) is 0 Å². The molecule has 2 aromatic carbocycles. The molecule has 0 aliphatic rings. The lowest BCUT2D eigenvalue weighted by Crippen LogP contribution is -2.24. The highest BCUT2D eigenvalue weighted by Crippen LogP contribution is 2.37. The summed E-state index contributed by atoms with van der Waals surface area (Å²) in [5.41, 5.74) is 4.18. The fraction of sp³-hybridized carbons (Fsp3) is 0.333. The van der Waals surface area contributed by atoms with E-state index in [-0.39, 0.29) is 12.5 Å². The lowest BCUT2D eigenvalue weighted by molar-refractivity contribution is -0.123. The normalized spacial score (nSPS) is 10.8. The van der Waals surface area contributed by atoms with Gasteiger partial charge < -0.3 is 18.9 Å². The highest BCUT2D eigenvalue weighted by Gasteiger charge is 2.12. The van der Waals surface area contributed by atoms with Crippen molar-refractivity contribution in [2.75, 3.05) is 27.9 Å². The second-order valence-electron chi connectivity index (χ2n) is 6.23. The van der Waals surface area contributed by atoms with Crippen LogP contribution >= 0.6 is 0 Å². The zero-order valence-corrected chi connectivity index (χ0v) is 16.8. The maximum Gasteiger partial charge on any atom is 0.277 e. The molecular formula is C21H26N2O5. The average molecular weight is 386 g/mol. The molecule has 1 amide bonds. The van der Waals surface area contributed by atoms with Gasteiger partial charge in [-0.05, 0) is 29.7 Å². The van der Waals surface area contributed by atoms with Gasteiger partial charge in [0.2, 0.25) is 5.75 Å². The molecule has 28 heavy (non-hydrogen) atoms. The maximum absolute atomic E-state index is 12.0. The first kappa shape index (κ1) is 21.1. The number of carbonyl (C=O) groups is 1. The molecule has 7 nitrogen and oxygen atoms in total. The lowest BCUT2D eigenvalue weighted by Gasteiger charge is -2.13. The summed E-state index contributed by atoms with van der Waals surface area (Å²) in [4.78, 5) is 12.0. The van der Waals surface area contributed by atoms with Crippen LogP contribution in [0.5, 0.6) is 23.0 Å². The van der Waals surface area contributed by atoms with Gasteiger partial charge >= 0.3 is 0 Å². The lowest BCUT2D eigenvalue weighted by atomic mass is 10.0.